The summed E-state index contributed by atoms with van der Waals surface area (Å²) in [5, 5.41) is 0. The van der Waals surface area contributed by atoms with Gasteiger partial charge in [0.1, 0.15) is 0 Å². The van der Waals surface area contributed by atoms with Crippen LogP contribution < -0.4 is 0 Å². The molecule has 1 aliphatic rings. The highest BCUT2D eigenvalue weighted by Gasteiger charge is 2.19. The van der Waals surface area contributed by atoms with Crippen molar-refractivity contribution in [2.45, 2.75) is 12.8 Å². The summed E-state index contributed by atoms with van der Waals surface area (Å²) in [6.45, 7) is 1.75. The molecule has 0 radical (unpaired) electrons. The lowest BCUT2D eigenvalue weighted by molar-refractivity contribution is 0.0793. The Morgan fingerprint density at radius 3 is 2.26 bits per heavy atom. The number of aromatic nitrogens is 2. The zero-order valence-corrected chi connectivity index (χ0v) is 10.6. The fourth-order valence-corrected chi connectivity index (χ4v) is 2.31. The standard InChI is InChI=1S/C15H15N3O/c19-15(18-10-1-2-11-18)13-6-4-12(5-7-13)14-16-8-3-9-17-14/h3-9H,1-2,10-11H2. The van der Waals surface area contributed by atoms with Gasteiger partial charge >= 0.3 is 0 Å². The second-order valence-corrected chi connectivity index (χ2v) is 4.65. The first-order valence-corrected chi connectivity index (χ1v) is 6.51. The van der Waals surface area contributed by atoms with Crippen LogP contribution in [-0.4, -0.2) is 33.9 Å². The molecule has 2 heterocycles. The molecule has 3 rings (SSSR count). The summed E-state index contributed by atoms with van der Waals surface area (Å²) in [7, 11) is 0. The summed E-state index contributed by atoms with van der Waals surface area (Å²) in [6, 6.07) is 9.30. The maximum absolute atomic E-state index is 12.2. The first kappa shape index (κ1) is 11.8. The Morgan fingerprint density at radius 1 is 1.00 bits per heavy atom. The zero-order chi connectivity index (χ0) is 13.1. The van der Waals surface area contributed by atoms with Crippen LogP contribution in [0, 0.1) is 0 Å². The second kappa shape index (κ2) is 5.18. The van der Waals surface area contributed by atoms with E-state index in [0.717, 1.165) is 37.1 Å². The fourth-order valence-electron chi connectivity index (χ4n) is 2.31. The largest absolute Gasteiger partial charge is 0.339 e. The third-order valence-electron chi connectivity index (χ3n) is 3.35. The molecule has 4 nitrogen and oxygen atoms in total. The van der Waals surface area contributed by atoms with E-state index in [9.17, 15) is 4.79 Å². The molecule has 0 atom stereocenters. The number of carbonyl (C=O) groups is 1. The van der Waals surface area contributed by atoms with Crippen molar-refractivity contribution >= 4 is 5.91 Å². The smallest absolute Gasteiger partial charge is 0.253 e. The van der Waals surface area contributed by atoms with E-state index in [0.29, 0.717) is 5.82 Å². The molecule has 1 fully saturated rings. The minimum atomic E-state index is 0.123. The van der Waals surface area contributed by atoms with Crippen molar-refractivity contribution in [3.63, 3.8) is 0 Å². The van der Waals surface area contributed by atoms with Crippen molar-refractivity contribution < 1.29 is 4.79 Å². The lowest BCUT2D eigenvalue weighted by atomic mass is 10.1. The number of nitrogens with zero attached hydrogens (tertiary/aromatic N) is 3. The van der Waals surface area contributed by atoms with E-state index in [1.807, 2.05) is 29.2 Å². The molecule has 0 saturated carbocycles. The van der Waals surface area contributed by atoms with Crippen LogP contribution in [0.1, 0.15) is 23.2 Å². The zero-order valence-electron chi connectivity index (χ0n) is 10.6. The molecule has 1 saturated heterocycles. The Labute approximate surface area is 112 Å². The Hall–Kier alpha value is -2.23. The summed E-state index contributed by atoms with van der Waals surface area (Å²) < 4.78 is 0. The topological polar surface area (TPSA) is 46.1 Å². The molecule has 0 N–H and O–H groups in total. The van der Waals surface area contributed by atoms with E-state index >= 15 is 0 Å². The van der Waals surface area contributed by atoms with Gasteiger partial charge < -0.3 is 4.90 Å². The number of carbonyl (C=O) groups excluding carboxylic acids is 1. The van der Waals surface area contributed by atoms with E-state index in [1.54, 1.807) is 18.5 Å². The number of hydrogen-bond acceptors (Lipinski definition) is 3. The molecule has 2 aromatic rings. The van der Waals surface area contributed by atoms with E-state index in [2.05, 4.69) is 9.97 Å². The fraction of sp³-hybridized carbons (Fsp3) is 0.267. The van der Waals surface area contributed by atoms with Gasteiger partial charge in [-0.25, -0.2) is 9.97 Å². The summed E-state index contributed by atoms with van der Waals surface area (Å²) in [4.78, 5) is 22.5. The first-order valence-electron chi connectivity index (χ1n) is 6.51. The number of benzene rings is 1. The maximum atomic E-state index is 12.2. The van der Waals surface area contributed by atoms with Crippen molar-refractivity contribution in [3.05, 3.63) is 48.3 Å². The van der Waals surface area contributed by atoms with Crippen molar-refractivity contribution in [1.29, 1.82) is 0 Å². The number of likely N-dealkylation sites (tertiary alicyclic amines) is 1. The number of rotatable bonds is 2. The molecule has 0 aliphatic carbocycles. The summed E-state index contributed by atoms with van der Waals surface area (Å²) in [5.74, 6) is 0.806. The number of hydrogen-bond donors (Lipinski definition) is 0. The van der Waals surface area contributed by atoms with Crippen LogP contribution in [0.25, 0.3) is 11.4 Å². The van der Waals surface area contributed by atoms with Gasteiger partial charge in [0.15, 0.2) is 5.82 Å². The van der Waals surface area contributed by atoms with Crippen molar-refractivity contribution in [3.8, 4) is 11.4 Å². The number of amides is 1. The van der Waals surface area contributed by atoms with Crippen LogP contribution in [0.4, 0.5) is 0 Å². The monoisotopic (exact) mass is 253 g/mol. The van der Waals surface area contributed by atoms with Crippen LogP contribution in [0.15, 0.2) is 42.7 Å². The molecule has 1 aromatic carbocycles. The van der Waals surface area contributed by atoms with Gasteiger partial charge in [-0.3, -0.25) is 4.79 Å². The van der Waals surface area contributed by atoms with Crippen LogP contribution in [0.5, 0.6) is 0 Å². The Kier molecular flexibility index (Phi) is 3.23. The first-order chi connectivity index (χ1) is 9.34. The normalized spacial score (nSPS) is 14.6. The molecule has 1 amide bonds. The summed E-state index contributed by atoms with van der Waals surface area (Å²) in [6.07, 6.45) is 5.65. The van der Waals surface area contributed by atoms with Crippen molar-refractivity contribution in [2.24, 2.45) is 0 Å². The molecule has 0 unspecified atom stereocenters. The van der Waals surface area contributed by atoms with Crippen molar-refractivity contribution in [1.82, 2.24) is 14.9 Å². The maximum Gasteiger partial charge on any atom is 0.253 e. The second-order valence-electron chi connectivity index (χ2n) is 4.65. The molecule has 19 heavy (non-hydrogen) atoms. The lowest BCUT2D eigenvalue weighted by Gasteiger charge is -2.15. The Bertz CT molecular complexity index is 560. The molecule has 1 aromatic heterocycles. The van der Waals surface area contributed by atoms with Gasteiger partial charge in [-0.2, -0.15) is 0 Å². The molecule has 0 spiro atoms. The third-order valence-corrected chi connectivity index (χ3v) is 3.35. The van der Waals surface area contributed by atoms with E-state index in [4.69, 9.17) is 0 Å². The Balaban J connectivity index is 1.81. The predicted molar refractivity (Wildman–Crippen MR) is 72.6 cm³/mol. The molecule has 96 valence electrons. The summed E-state index contributed by atoms with van der Waals surface area (Å²) in [5.41, 5.74) is 1.67. The van der Waals surface area contributed by atoms with Crippen LogP contribution in [0.3, 0.4) is 0 Å². The van der Waals surface area contributed by atoms with E-state index in [-0.39, 0.29) is 5.91 Å². The molecule has 4 heteroatoms. The Morgan fingerprint density at radius 2 is 1.63 bits per heavy atom. The molecular weight excluding hydrogens is 238 g/mol. The minimum absolute atomic E-state index is 0.123. The van der Waals surface area contributed by atoms with Gasteiger partial charge in [0.25, 0.3) is 5.91 Å². The van der Waals surface area contributed by atoms with Gasteiger partial charge in [0, 0.05) is 36.6 Å². The third kappa shape index (κ3) is 2.47. The quantitative estimate of drug-likeness (QED) is 0.825. The SMILES string of the molecule is O=C(c1ccc(-c2ncccn2)cc1)N1CCCC1. The predicted octanol–water partition coefficient (Wildman–Crippen LogP) is 2.38. The summed E-state index contributed by atoms with van der Waals surface area (Å²) >= 11 is 0. The van der Waals surface area contributed by atoms with Gasteiger partial charge in [0.2, 0.25) is 0 Å². The van der Waals surface area contributed by atoms with Gasteiger partial charge in [-0.15, -0.1) is 0 Å². The molecular formula is C15H15N3O. The van der Waals surface area contributed by atoms with E-state index in [1.165, 1.54) is 0 Å². The average Bonchev–Trinajstić information content (AvgIpc) is 3.02. The van der Waals surface area contributed by atoms with Crippen LogP contribution in [0.2, 0.25) is 0 Å². The van der Waals surface area contributed by atoms with Gasteiger partial charge in [0.05, 0.1) is 0 Å². The highest BCUT2D eigenvalue weighted by atomic mass is 16.2. The van der Waals surface area contributed by atoms with Gasteiger partial charge in [-0.1, -0.05) is 12.1 Å². The average molecular weight is 253 g/mol. The molecule has 1 aliphatic heterocycles. The minimum Gasteiger partial charge on any atom is -0.339 e. The lowest BCUT2D eigenvalue weighted by Crippen LogP contribution is -2.27. The molecule has 0 bridgehead atoms. The van der Waals surface area contributed by atoms with Crippen molar-refractivity contribution in [2.75, 3.05) is 13.1 Å². The van der Waals surface area contributed by atoms with Gasteiger partial charge in [-0.05, 0) is 31.0 Å². The highest BCUT2D eigenvalue weighted by molar-refractivity contribution is 5.94. The van der Waals surface area contributed by atoms with Crippen LogP contribution in [-0.2, 0) is 0 Å². The van der Waals surface area contributed by atoms with Crippen LogP contribution >= 0.6 is 0 Å². The van der Waals surface area contributed by atoms with E-state index < -0.39 is 0 Å². The highest BCUT2D eigenvalue weighted by Crippen LogP contribution is 2.17.